The van der Waals surface area contributed by atoms with Crippen molar-refractivity contribution in [1.82, 2.24) is 18.9 Å². The van der Waals surface area contributed by atoms with E-state index in [4.69, 9.17) is 9.97 Å². The second-order valence-electron chi connectivity index (χ2n) is 7.48. The third kappa shape index (κ3) is 3.69. The molecule has 0 bridgehead atoms. The van der Waals surface area contributed by atoms with Crippen LogP contribution in [0.15, 0.2) is 58.6 Å². The number of benzene rings is 1. The molecule has 0 aliphatic rings. The molecule has 0 amide bonds. The van der Waals surface area contributed by atoms with E-state index in [0.717, 1.165) is 46.1 Å². The van der Waals surface area contributed by atoms with Gasteiger partial charge in [0.05, 0.1) is 16.7 Å². The van der Waals surface area contributed by atoms with Crippen LogP contribution in [0.4, 0.5) is 0 Å². The molecule has 4 rings (SSSR count). The topological polar surface area (TPSA) is 52.2 Å². The van der Waals surface area contributed by atoms with Crippen LogP contribution in [0.2, 0.25) is 0 Å². The average molecular weight is 393 g/mol. The minimum Gasteiger partial charge on any atom is -0.319 e. The molecule has 3 aromatic heterocycles. The number of imidazole rings is 1. The summed E-state index contributed by atoms with van der Waals surface area (Å²) in [5, 5.41) is 0.980. The van der Waals surface area contributed by atoms with Gasteiger partial charge in [-0.3, -0.25) is 9.20 Å². The van der Waals surface area contributed by atoms with Gasteiger partial charge in [-0.2, -0.15) is 0 Å². The first-order valence-corrected chi connectivity index (χ1v) is 10.6. The lowest BCUT2D eigenvalue weighted by Crippen LogP contribution is -2.15. The number of hydrogen-bond donors (Lipinski definition) is 0. The molecular formula is C22H24N4OS. The highest BCUT2D eigenvalue weighted by Gasteiger charge is 2.13. The van der Waals surface area contributed by atoms with Crippen LogP contribution < -0.4 is 5.56 Å². The normalized spacial score (nSPS) is 11.7. The molecule has 0 atom stereocenters. The summed E-state index contributed by atoms with van der Waals surface area (Å²) in [6, 6.07) is 13.7. The predicted molar refractivity (Wildman–Crippen MR) is 115 cm³/mol. The standard InChI is InChI=1S/C22H24N4OS/c1-15(2)10-12-25-19-9-5-4-8-18(19)24-22(25)28-14-17-13-20(27)26-11-6-7-16(3)21(26)23-17/h4-9,11,13,15H,10,12,14H2,1-3H3. The summed E-state index contributed by atoms with van der Waals surface area (Å²) in [5.74, 6) is 1.25. The van der Waals surface area contributed by atoms with Crippen LogP contribution in [0, 0.1) is 12.8 Å². The van der Waals surface area contributed by atoms with E-state index in [1.807, 2.05) is 25.1 Å². The number of para-hydroxylation sites is 2. The van der Waals surface area contributed by atoms with Crippen molar-refractivity contribution in [3.05, 3.63) is 70.3 Å². The van der Waals surface area contributed by atoms with E-state index >= 15 is 0 Å². The Balaban J connectivity index is 1.65. The second-order valence-corrected chi connectivity index (χ2v) is 8.42. The molecule has 0 fully saturated rings. The molecular weight excluding hydrogens is 368 g/mol. The molecule has 28 heavy (non-hydrogen) atoms. The van der Waals surface area contributed by atoms with Crippen LogP contribution in [-0.4, -0.2) is 18.9 Å². The number of aryl methyl sites for hydroxylation is 2. The Morgan fingerprint density at radius 2 is 1.93 bits per heavy atom. The number of aromatic nitrogens is 4. The van der Waals surface area contributed by atoms with Crippen molar-refractivity contribution < 1.29 is 0 Å². The zero-order valence-electron chi connectivity index (χ0n) is 16.4. The largest absolute Gasteiger partial charge is 0.319 e. The zero-order valence-corrected chi connectivity index (χ0v) is 17.2. The maximum atomic E-state index is 12.4. The Morgan fingerprint density at radius 3 is 2.75 bits per heavy atom. The molecule has 5 nitrogen and oxygen atoms in total. The predicted octanol–water partition coefficient (Wildman–Crippen LogP) is 4.69. The number of thioether (sulfide) groups is 1. The number of pyridine rings is 1. The van der Waals surface area contributed by atoms with Crippen molar-refractivity contribution in [2.45, 2.75) is 44.6 Å². The number of hydrogen-bond acceptors (Lipinski definition) is 4. The molecule has 3 heterocycles. The third-order valence-corrected chi connectivity index (χ3v) is 5.85. The highest BCUT2D eigenvalue weighted by molar-refractivity contribution is 7.98. The second kappa shape index (κ2) is 7.80. The van der Waals surface area contributed by atoms with Crippen LogP contribution >= 0.6 is 11.8 Å². The van der Waals surface area contributed by atoms with Gasteiger partial charge in [0.25, 0.3) is 5.56 Å². The van der Waals surface area contributed by atoms with E-state index in [1.54, 1.807) is 28.4 Å². The Kier molecular flexibility index (Phi) is 5.22. The van der Waals surface area contributed by atoms with E-state index in [-0.39, 0.29) is 5.56 Å². The summed E-state index contributed by atoms with van der Waals surface area (Å²) in [7, 11) is 0. The first-order chi connectivity index (χ1) is 13.5. The van der Waals surface area contributed by atoms with Crippen molar-refractivity contribution >= 4 is 28.4 Å². The molecule has 0 N–H and O–H groups in total. The molecule has 0 aliphatic carbocycles. The summed E-state index contributed by atoms with van der Waals surface area (Å²) in [6.45, 7) is 7.39. The van der Waals surface area contributed by atoms with Gasteiger partial charge < -0.3 is 4.57 Å². The van der Waals surface area contributed by atoms with Gasteiger partial charge in [-0.15, -0.1) is 0 Å². The van der Waals surface area contributed by atoms with Crippen molar-refractivity contribution in [2.24, 2.45) is 5.92 Å². The fraction of sp³-hybridized carbons (Fsp3) is 0.318. The SMILES string of the molecule is Cc1cccn2c(=O)cc(CSc3nc4ccccc4n3CCC(C)C)nc12. The number of rotatable bonds is 6. The monoisotopic (exact) mass is 392 g/mol. The summed E-state index contributed by atoms with van der Waals surface area (Å²) in [5.41, 5.74) is 4.63. The van der Waals surface area contributed by atoms with Crippen LogP contribution in [0.3, 0.4) is 0 Å². The van der Waals surface area contributed by atoms with Gasteiger partial charge in [0.15, 0.2) is 5.16 Å². The molecule has 0 radical (unpaired) electrons. The first kappa shape index (κ1) is 18.7. The lowest BCUT2D eigenvalue weighted by atomic mass is 10.1. The van der Waals surface area contributed by atoms with Crippen molar-refractivity contribution in [3.63, 3.8) is 0 Å². The third-order valence-electron chi connectivity index (χ3n) is 4.84. The molecule has 144 valence electrons. The van der Waals surface area contributed by atoms with Crippen molar-refractivity contribution in [3.8, 4) is 0 Å². The molecule has 0 spiro atoms. The summed E-state index contributed by atoms with van der Waals surface area (Å²) in [6.07, 6.45) is 2.86. The zero-order chi connectivity index (χ0) is 19.7. The van der Waals surface area contributed by atoms with Gasteiger partial charge in [-0.25, -0.2) is 9.97 Å². The minimum absolute atomic E-state index is 0.0439. The Hall–Kier alpha value is -2.60. The average Bonchev–Trinajstić information content (AvgIpc) is 3.03. The summed E-state index contributed by atoms with van der Waals surface area (Å²) in [4.78, 5) is 22.0. The van der Waals surface area contributed by atoms with Crippen LogP contribution in [0.5, 0.6) is 0 Å². The van der Waals surface area contributed by atoms with Gasteiger partial charge in [0, 0.05) is 24.6 Å². The fourth-order valence-corrected chi connectivity index (χ4v) is 4.22. The lowest BCUT2D eigenvalue weighted by Gasteiger charge is -2.11. The van der Waals surface area contributed by atoms with E-state index in [2.05, 4.69) is 36.6 Å². The van der Waals surface area contributed by atoms with E-state index < -0.39 is 0 Å². The summed E-state index contributed by atoms with van der Waals surface area (Å²) >= 11 is 1.64. The van der Waals surface area contributed by atoms with Gasteiger partial charge in [0.2, 0.25) is 0 Å². The molecule has 6 heteroatoms. The Bertz CT molecular complexity index is 1190. The van der Waals surface area contributed by atoms with Gasteiger partial charge in [-0.05, 0) is 43.0 Å². The Morgan fingerprint density at radius 1 is 1.11 bits per heavy atom. The van der Waals surface area contributed by atoms with Crippen molar-refractivity contribution in [2.75, 3.05) is 0 Å². The highest BCUT2D eigenvalue weighted by Crippen LogP contribution is 2.27. The molecule has 0 unspecified atom stereocenters. The Labute approximate surface area is 168 Å². The maximum Gasteiger partial charge on any atom is 0.258 e. The fourth-order valence-electron chi connectivity index (χ4n) is 3.29. The molecule has 0 aliphatic heterocycles. The maximum absolute atomic E-state index is 12.4. The quantitative estimate of drug-likeness (QED) is 0.447. The number of fused-ring (bicyclic) bond motifs is 2. The van der Waals surface area contributed by atoms with Gasteiger partial charge >= 0.3 is 0 Å². The number of nitrogens with zero attached hydrogens (tertiary/aromatic N) is 4. The van der Waals surface area contributed by atoms with E-state index in [0.29, 0.717) is 11.7 Å². The van der Waals surface area contributed by atoms with Crippen LogP contribution in [0.25, 0.3) is 16.7 Å². The van der Waals surface area contributed by atoms with Gasteiger partial charge in [0.1, 0.15) is 5.65 Å². The van der Waals surface area contributed by atoms with Crippen LogP contribution in [-0.2, 0) is 12.3 Å². The summed E-state index contributed by atoms with van der Waals surface area (Å²) < 4.78 is 3.89. The lowest BCUT2D eigenvalue weighted by molar-refractivity contribution is 0.503. The van der Waals surface area contributed by atoms with Crippen LogP contribution in [0.1, 0.15) is 31.5 Å². The minimum atomic E-state index is -0.0439. The van der Waals surface area contributed by atoms with Gasteiger partial charge in [-0.1, -0.05) is 43.8 Å². The molecule has 0 saturated carbocycles. The van der Waals surface area contributed by atoms with Crippen molar-refractivity contribution in [1.29, 1.82) is 0 Å². The van der Waals surface area contributed by atoms with E-state index in [9.17, 15) is 4.79 Å². The first-order valence-electron chi connectivity index (χ1n) is 9.59. The molecule has 1 aromatic carbocycles. The molecule has 0 saturated heterocycles. The van der Waals surface area contributed by atoms with E-state index in [1.165, 1.54) is 0 Å². The highest BCUT2D eigenvalue weighted by atomic mass is 32.2. The smallest absolute Gasteiger partial charge is 0.258 e. The molecule has 4 aromatic rings.